The van der Waals surface area contributed by atoms with Crippen molar-refractivity contribution in [2.75, 3.05) is 0 Å². The summed E-state index contributed by atoms with van der Waals surface area (Å²) in [6.07, 6.45) is -5.97. The van der Waals surface area contributed by atoms with E-state index < -0.39 is 24.6 Å². The first-order valence-corrected chi connectivity index (χ1v) is 2.65. The molecule has 2 aliphatic rings. The topological polar surface area (TPSA) is 134 Å². The summed E-state index contributed by atoms with van der Waals surface area (Å²) in [6.45, 7) is 0. The maximum absolute atomic E-state index is 9.90. The van der Waals surface area contributed by atoms with Crippen LogP contribution in [0, 0.1) is 0 Å². The summed E-state index contributed by atoms with van der Waals surface area (Å²) in [7, 11) is 0. The molecule has 72 valence electrons. The fourth-order valence-corrected chi connectivity index (χ4v) is 0.507. The molecular weight excluding hydrogens is 232 g/mol. The van der Waals surface area contributed by atoms with Gasteiger partial charge in [0.05, 0.1) is 0 Å². The van der Waals surface area contributed by atoms with Crippen molar-refractivity contribution in [3.8, 4) is 0 Å². The molecule has 0 bridgehead atoms. The van der Waals surface area contributed by atoms with Gasteiger partial charge in [-0.3, -0.25) is 0 Å². The number of carboxylic acid groups (broad SMARTS) is 2. The summed E-state index contributed by atoms with van der Waals surface area (Å²) in [5.41, 5.74) is 0. The van der Waals surface area contributed by atoms with Gasteiger partial charge in [-0.1, -0.05) is 0 Å². The van der Waals surface area contributed by atoms with Gasteiger partial charge in [0, 0.05) is 0 Å². The molecule has 0 unspecified atom stereocenters. The molecule has 0 aromatic heterocycles. The molecule has 1 spiro atoms. The third-order valence-electron chi connectivity index (χ3n) is 0.833. The van der Waals surface area contributed by atoms with Crippen molar-refractivity contribution in [2.24, 2.45) is 0 Å². The Morgan fingerprint density at radius 3 is 1.36 bits per heavy atom. The van der Waals surface area contributed by atoms with Gasteiger partial charge in [-0.25, -0.2) is 9.59 Å². The second kappa shape index (κ2) is 4.53. The van der Waals surface area contributed by atoms with Crippen LogP contribution in [0.25, 0.3) is 0 Å². The Morgan fingerprint density at radius 2 is 1.21 bits per heavy atom. The van der Waals surface area contributed by atoms with E-state index in [4.69, 9.17) is 15.0 Å². The Labute approximate surface area is 105 Å². The molecule has 0 aromatic rings. The van der Waals surface area contributed by atoms with E-state index in [1.807, 2.05) is 0 Å². The molecule has 0 aliphatic carbocycles. The molecule has 0 aromatic carbocycles. The van der Waals surface area contributed by atoms with Gasteiger partial charge in [-0.15, -0.1) is 0 Å². The Hall–Kier alpha value is -0.930. The molecule has 0 saturated carbocycles. The average Bonchev–Trinajstić information content (AvgIpc) is 1.79. The Kier molecular flexibility index (Phi) is 4.23. The molecule has 2 fully saturated rings. The fourth-order valence-electron chi connectivity index (χ4n) is 0.507. The van der Waals surface area contributed by atoms with Gasteiger partial charge in [0.1, 0.15) is 0 Å². The van der Waals surface area contributed by atoms with Crippen molar-refractivity contribution in [2.45, 2.75) is 6.16 Å². The van der Waals surface area contributed by atoms with Crippen molar-refractivity contribution < 1.29 is 43.5 Å². The van der Waals surface area contributed by atoms with Crippen molar-refractivity contribution in [1.29, 1.82) is 0 Å². The number of carbonyl (C=O) groups excluding carboxylic acids is 3. The Bertz CT molecular complexity index is 226. The maximum atomic E-state index is 9.90. The van der Waals surface area contributed by atoms with Crippen molar-refractivity contribution in [3.05, 3.63) is 0 Å². The smallest absolute Gasteiger partial charge is 0.652 e. The number of ether oxygens (including phenoxy) is 4. The van der Waals surface area contributed by atoms with E-state index in [1.54, 1.807) is 0 Å². The monoisotopic (exact) mass is 232 g/mol. The van der Waals surface area contributed by atoms with Gasteiger partial charge >= 0.3 is 56.2 Å². The minimum Gasteiger partial charge on any atom is -0.652 e. The molecule has 2 heterocycles. The van der Waals surface area contributed by atoms with Crippen LogP contribution in [0.4, 0.5) is 14.4 Å². The summed E-state index contributed by atoms with van der Waals surface area (Å²) >= 11 is 0. The van der Waals surface area contributed by atoms with Crippen molar-refractivity contribution in [1.82, 2.24) is 0 Å². The SMILES string of the molecule is O=C([O-])[O-].O=C1OC2(O1)OC(=O)O2.[Ca+2]. The predicted molar refractivity (Wildman–Crippen MR) is 29.0 cm³/mol. The second-order valence-electron chi connectivity index (χ2n) is 1.66. The van der Waals surface area contributed by atoms with E-state index >= 15 is 0 Å². The van der Waals surface area contributed by atoms with E-state index in [0.717, 1.165) is 0 Å². The molecular formula is C4CaO9. The molecule has 0 amide bonds. The quantitative estimate of drug-likeness (QED) is 0.318. The minimum atomic E-state index is -2.33. The minimum absolute atomic E-state index is 0. The summed E-state index contributed by atoms with van der Waals surface area (Å²) in [5.74, 6) is 0. The van der Waals surface area contributed by atoms with Crippen LogP contribution in [-0.4, -0.2) is 62.4 Å². The standard InChI is InChI=1S/C3O6.CH2O3.Ca/c4-1-6-3(7-1)8-2(5)9-3;2-1(3)4;/h;(H2,2,3,4);/q;;+2/p-2. The van der Waals surface area contributed by atoms with Crippen LogP contribution in [-0.2, 0) is 18.9 Å². The molecule has 9 nitrogen and oxygen atoms in total. The number of hydrogen-bond acceptors (Lipinski definition) is 9. The second-order valence-corrected chi connectivity index (χ2v) is 1.66. The van der Waals surface area contributed by atoms with E-state index in [2.05, 4.69) is 18.9 Å². The predicted octanol–water partition coefficient (Wildman–Crippen LogP) is -2.90. The van der Waals surface area contributed by atoms with Crippen LogP contribution in [0.15, 0.2) is 0 Å². The average molecular weight is 232 g/mol. The molecule has 0 radical (unpaired) electrons. The molecule has 10 heteroatoms. The van der Waals surface area contributed by atoms with Crippen LogP contribution in [0.5, 0.6) is 0 Å². The molecule has 2 saturated heterocycles. The third-order valence-corrected chi connectivity index (χ3v) is 0.833. The Morgan fingerprint density at radius 1 is 1.00 bits per heavy atom. The molecule has 14 heavy (non-hydrogen) atoms. The van der Waals surface area contributed by atoms with Crippen LogP contribution >= 0.6 is 0 Å². The number of carbonyl (C=O) groups is 3. The first-order chi connectivity index (χ1) is 5.93. The van der Waals surface area contributed by atoms with E-state index in [0.29, 0.717) is 0 Å². The van der Waals surface area contributed by atoms with Gasteiger partial charge < -0.3 is 34.0 Å². The maximum Gasteiger partial charge on any atom is 2.00 e. The third kappa shape index (κ3) is 3.09. The van der Waals surface area contributed by atoms with Crippen LogP contribution in [0.1, 0.15) is 0 Å². The zero-order valence-corrected chi connectivity index (χ0v) is 8.59. The van der Waals surface area contributed by atoms with Crippen molar-refractivity contribution in [3.63, 3.8) is 0 Å². The normalized spacial score (nSPS) is 18.6. The summed E-state index contributed by atoms with van der Waals surface area (Å²) in [6, 6.07) is 0. The van der Waals surface area contributed by atoms with E-state index in [1.165, 1.54) is 0 Å². The summed E-state index contributed by atoms with van der Waals surface area (Å²) in [5, 5.41) is 16.7. The van der Waals surface area contributed by atoms with Gasteiger partial charge in [0.15, 0.2) is 0 Å². The van der Waals surface area contributed by atoms with Gasteiger partial charge in [-0.2, -0.15) is 0 Å². The van der Waals surface area contributed by atoms with Gasteiger partial charge in [0.25, 0.3) is 0 Å². The van der Waals surface area contributed by atoms with Crippen LogP contribution < -0.4 is 10.2 Å². The van der Waals surface area contributed by atoms with E-state index in [-0.39, 0.29) is 37.7 Å². The van der Waals surface area contributed by atoms with Crippen LogP contribution in [0.3, 0.4) is 0 Å². The fraction of sp³-hybridized carbons (Fsp3) is 0.250. The number of rotatable bonds is 0. The molecule has 2 aliphatic heterocycles. The first-order valence-electron chi connectivity index (χ1n) is 2.65. The summed E-state index contributed by atoms with van der Waals surface area (Å²) in [4.78, 5) is 28.1. The molecule has 0 atom stereocenters. The number of hydrogen-bond donors (Lipinski definition) is 0. The zero-order chi connectivity index (χ0) is 10.1. The molecule has 2 rings (SSSR count). The van der Waals surface area contributed by atoms with Crippen LogP contribution in [0.2, 0.25) is 0 Å². The molecule has 0 N–H and O–H groups in total. The van der Waals surface area contributed by atoms with Gasteiger partial charge in [0.2, 0.25) is 0 Å². The largest absolute Gasteiger partial charge is 2.00 e. The van der Waals surface area contributed by atoms with Gasteiger partial charge in [-0.05, 0) is 6.16 Å². The zero-order valence-electron chi connectivity index (χ0n) is 6.38. The summed E-state index contributed by atoms with van der Waals surface area (Å²) < 4.78 is 16.4. The Balaban J connectivity index is 0.000000299. The van der Waals surface area contributed by atoms with Crippen molar-refractivity contribution >= 4 is 56.2 Å². The first kappa shape index (κ1) is 13.1. The van der Waals surface area contributed by atoms with E-state index in [9.17, 15) is 9.59 Å².